The number of ether oxygens (including phenoxy) is 1. The van der Waals surface area contributed by atoms with Gasteiger partial charge in [-0.25, -0.2) is 0 Å². The number of nitrogens with one attached hydrogen (secondary N) is 1. The van der Waals surface area contributed by atoms with Crippen molar-refractivity contribution in [1.29, 1.82) is 0 Å². The number of hydrogen-bond acceptors (Lipinski definition) is 3. The van der Waals surface area contributed by atoms with Crippen molar-refractivity contribution in [2.45, 2.75) is 25.5 Å². The summed E-state index contributed by atoms with van der Waals surface area (Å²) in [5.41, 5.74) is 2.39. The van der Waals surface area contributed by atoms with Crippen LogP contribution in [0.3, 0.4) is 0 Å². The molecule has 1 aromatic heterocycles. The van der Waals surface area contributed by atoms with Crippen LogP contribution >= 0.6 is 0 Å². The average Bonchev–Trinajstić information content (AvgIpc) is 2.86. The molecule has 4 nitrogen and oxygen atoms in total. The molecule has 0 amide bonds. The molecular formula is C15H19N3O. The van der Waals surface area contributed by atoms with E-state index in [-0.39, 0.29) is 6.10 Å². The molecule has 1 aromatic carbocycles. The van der Waals surface area contributed by atoms with E-state index in [1.54, 1.807) is 0 Å². The Morgan fingerprint density at radius 2 is 2.26 bits per heavy atom. The summed E-state index contributed by atoms with van der Waals surface area (Å²) in [6, 6.07) is 8.62. The molecule has 0 bridgehead atoms. The van der Waals surface area contributed by atoms with Crippen LogP contribution in [-0.2, 0) is 7.05 Å². The summed E-state index contributed by atoms with van der Waals surface area (Å²) in [7, 11) is 1.93. The van der Waals surface area contributed by atoms with Gasteiger partial charge in [0.15, 0.2) is 0 Å². The van der Waals surface area contributed by atoms with Crippen LogP contribution in [0.4, 0.5) is 0 Å². The van der Waals surface area contributed by atoms with Crippen molar-refractivity contribution < 1.29 is 4.74 Å². The minimum atomic E-state index is 0.0765. The normalized spacial score (nSPS) is 21.8. The van der Waals surface area contributed by atoms with Crippen LogP contribution in [0.2, 0.25) is 0 Å². The fourth-order valence-electron chi connectivity index (χ4n) is 2.67. The molecule has 0 fully saturated rings. The van der Waals surface area contributed by atoms with Gasteiger partial charge in [0.2, 0.25) is 0 Å². The van der Waals surface area contributed by atoms with Gasteiger partial charge in [0.05, 0.1) is 6.20 Å². The second-order valence-corrected chi connectivity index (χ2v) is 4.94. The van der Waals surface area contributed by atoms with E-state index in [9.17, 15) is 0 Å². The molecule has 19 heavy (non-hydrogen) atoms. The van der Waals surface area contributed by atoms with E-state index in [0.717, 1.165) is 24.3 Å². The Kier molecular flexibility index (Phi) is 3.25. The number of para-hydroxylation sites is 1. The average molecular weight is 257 g/mol. The third-order valence-corrected chi connectivity index (χ3v) is 3.56. The lowest BCUT2D eigenvalue weighted by molar-refractivity contribution is 0.152. The van der Waals surface area contributed by atoms with Gasteiger partial charge in [-0.15, -0.1) is 0 Å². The first kappa shape index (κ1) is 12.2. The van der Waals surface area contributed by atoms with Gasteiger partial charge >= 0.3 is 0 Å². The van der Waals surface area contributed by atoms with E-state index < -0.39 is 0 Å². The predicted molar refractivity (Wildman–Crippen MR) is 74.1 cm³/mol. The SMILES string of the molecule is CCNC1CC(c2cnn(C)c2)Oc2ccccc21. The first-order valence-electron chi connectivity index (χ1n) is 6.75. The fourth-order valence-corrected chi connectivity index (χ4v) is 2.67. The molecule has 0 aliphatic carbocycles. The van der Waals surface area contributed by atoms with Gasteiger partial charge in [-0.1, -0.05) is 25.1 Å². The third kappa shape index (κ3) is 2.36. The second-order valence-electron chi connectivity index (χ2n) is 4.94. The number of fused-ring (bicyclic) bond motifs is 1. The highest BCUT2D eigenvalue weighted by atomic mass is 16.5. The summed E-state index contributed by atoms with van der Waals surface area (Å²) in [5, 5.41) is 7.78. The largest absolute Gasteiger partial charge is 0.485 e. The van der Waals surface area contributed by atoms with Crippen LogP contribution in [-0.4, -0.2) is 16.3 Å². The zero-order chi connectivity index (χ0) is 13.2. The van der Waals surface area contributed by atoms with Crippen LogP contribution in [0.1, 0.15) is 36.6 Å². The van der Waals surface area contributed by atoms with Crippen molar-refractivity contribution in [3.05, 3.63) is 47.8 Å². The number of rotatable bonds is 3. The third-order valence-electron chi connectivity index (χ3n) is 3.56. The topological polar surface area (TPSA) is 39.1 Å². The van der Waals surface area contributed by atoms with Gasteiger partial charge in [-0.2, -0.15) is 5.10 Å². The highest BCUT2D eigenvalue weighted by Crippen LogP contribution is 2.40. The Bertz CT molecular complexity index is 564. The van der Waals surface area contributed by atoms with Crippen LogP contribution in [0.25, 0.3) is 0 Å². The Hall–Kier alpha value is -1.81. The summed E-state index contributed by atoms with van der Waals surface area (Å²) in [6.07, 6.45) is 4.94. The Labute approximate surface area is 113 Å². The van der Waals surface area contributed by atoms with E-state index in [2.05, 4.69) is 29.5 Å². The summed E-state index contributed by atoms with van der Waals surface area (Å²) >= 11 is 0. The first-order chi connectivity index (χ1) is 9.28. The fraction of sp³-hybridized carbons (Fsp3) is 0.400. The summed E-state index contributed by atoms with van der Waals surface area (Å²) < 4.78 is 7.94. The lowest BCUT2D eigenvalue weighted by Gasteiger charge is -2.32. The van der Waals surface area contributed by atoms with Crippen LogP contribution in [0.5, 0.6) is 5.75 Å². The molecule has 2 aromatic rings. The molecule has 0 saturated carbocycles. The number of nitrogens with zero attached hydrogens (tertiary/aromatic N) is 2. The predicted octanol–water partition coefficient (Wildman–Crippen LogP) is 2.59. The molecule has 1 N–H and O–H groups in total. The van der Waals surface area contributed by atoms with Gasteiger partial charge in [-0.3, -0.25) is 4.68 Å². The standard InChI is InChI=1S/C15H19N3O/c1-3-16-13-8-15(11-9-17-18(2)10-11)19-14-7-5-4-6-12(13)14/h4-7,9-10,13,15-16H,3,8H2,1-2H3. The van der Waals surface area contributed by atoms with Crippen molar-refractivity contribution in [3.8, 4) is 5.75 Å². The van der Waals surface area contributed by atoms with Gasteiger partial charge < -0.3 is 10.1 Å². The van der Waals surface area contributed by atoms with Crippen LogP contribution in [0.15, 0.2) is 36.7 Å². The Morgan fingerprint density at radius 1 is 1.42 bits per heavy atom. The van der Waals surface area contributed by atoms with Crippen molar-refractivity contribution in [2.75, 3.05) is 6.54 Å². The Balaban J connectivity index is 1.92. The molecule has 100 valence electrons. The van der Waals surface area contributed by atoms with Crippen molar-refractivity contribution in [1.82, 2.24) is 15.1 Å². The molecule has 2 atom stereocenters. The zero-order valence-electron chi connectivity index (χ0n) is 11.3. The highest BCUT2D eigenvalue weighted by molar-refractivity contribution is 5.38. The minimum Gasteiger partial charge on any atom is -0.485 e. The van der Waals surface area contributed by atoms with Gasteiger partial charge in [0, 0.05) is 36.8 Å². The molecule has 4 heteroatoms. The number of aromatic nitrogens is 2. The van der Waals surface area contributed by atoms with E-state index >= 15 is 0 Å². The first-order valence-corrected chi connectivity index (χ1v) is 6.75. The molecule has 3 rings (SSSR count). The zero-order valence-corrected chi connectivity index (χ0v) is 11.3. The smallest absolute Gasteiger partial charge is 0.129 e. The van der Waals surface area contributed by atoms with Gasteiger partial charge in [0.25, 0.3) is 0 Å². The quantitative estimate of drug-likeness (QED) is 0.918. The van der Waals surface area contributed by atoms with Gasteiger partial charge in [-0.05, 0) is 12.6 Å². The van der Waals surface area contributed by atoms with E-state index in [1.807, 2.05) is 36.3 Å². The highest BCUT2D eigenvalue weighted by Gasteiger charge is 2.29. The molecular weight excluding hydrogens is 238 g/mol. The minimum absolute atomic E-state index is 0.0765. The van der Waals surface area contributed by atoms with Crippen molar-refractivity contribution in [3.63, 3.8) is 0 Å². The number of benzene rings is 1. The molecule has 1 aliphatic heterocycles. The molecule has 0 spiro atoms. The molecule has 2 unspecified atom stereocenters. The van der Waals surface area contributed by atoms with E-state index in [0.29, 0.717) is 6.04 Å². The molecule has 0 radical (unpaired) electrons. The maximum Gasteiger partial charge on any atom is 0.129 e. The summed E-state index contributed by atoms with van der Waals surface area (Å²) in [6.45, 7) is 3.09. The van der Waals surface area contributed by atoms with E-state index in [4.69, 9.17) is 4.74 Å². The van der Waals surface area contributed by atoms with Crippen molar-refractivity contribution in [2.24, 2.45) is 7.05 Å². The van der Waals surface area contributed by atoms with Crippen LogP contribution < -0.4 is 10.1 Å². The molecule has 1 aliphatic rings. The monoisotopic (exact) mass is 257 g/mol. The maximum absolute atomic E-state index is 6.11. The molecule has 0 saturated heterocycles. The number of aryl methyl sites for hydroxylation is 1. The lowest BCUT2D eigenvalue weighted by atomic mass is 9.94. The van der Waals surface area contributed by atoms with E-state index in [1.165, 1.54) is 5.56 Å². The second kappa shape index (κ2) is 5.05. The Morgan fingerprint density at radius 3 is 3.00 bits per heavy atom. The summed E-state index contributed by atoms with van der Waals surface area (Å²) in [5.74, 6) is 0.980. The van der Waals surface area contributed by atoms with Gasteiger partial charge in [0.1, 0.15) is 11.9 Å². The maximum atomic E-state index is 6.11. The van der Waals surface area contributed by atoms with Crippen LogP contribution in [0, 0.1) is 0 Å². The molecule has 2 heterocycles. The van der Waals surface area contributed by atoms with Crippen molar-refractivity contribution >= 4 is 0 Å². The number of hydrogen-bond donors (Lipinski definition) is 1. The summed E-state index contributed by atoms with van der Waals surface area (Å²) in [4.78, 5) is 0. The lowest BCUT2D eigenvalue weighted by Crippen LogP contribution is -2.28.